The highest BCUT2D eigenvalue weighted by atomic mass is 32.2. The van der Waals surface area contributed by atoms with E-state index >= 15 is 0 Å². The van der Waals surface area contributed by atoms with Gasteiger partial charge in [-0.2, -0.15) is 4.99 Å². The van der Waals surface area contributed by atoms with Gasteiger partial charge in [-0.3, -0.25) is 4.79 Å². The molecule has 0 bridgehead atoms. The van der Waals surface area contributed by atoms with Crippen LogP contribution in [-0.2, 0) is 21.1 Å². The third-order valence-corrected chi connectivity index (χ3v) is 8.18. The lowest BCUT2D eigenvalue weighted by atomic mass is 10.1. The maximum absolute atomic E-state index is 12.6. The van der Waals surface area contributed by atoms with Crippen LogP contribution in [0.3, 0.4) is 0 Å². The number of nitrogens with zero attached hydrogens (tertiary/aromatic N) is 2. The molecule has 0 spiro atoms. The van der Waals surface area contributed by atoms with Gasteiger partial charge in [0.25, 0.3) is 5.91 Å². The minimum absolute atomic E-state index is 0.0888. The van der Waals surface area contributed by atoms with Crippen molar-refractivity contribution in [2.24, 2.45) is 4.99 Å². The van der Waals surface area contributed by atoms with Crippen LogP contribution in [0.5, 0.6) is 0 Å². The lowest BCUT2D eigenvalue weighted by Gasteiger charge is -2.25. The van der Waals surface area contributed by atoms with Crippen LogP contribution in [0.2, 0.25) is 0 Å². The van der Waals surface area contributed by atoms with Gasteiger partial charge in [-0.25, -0.2) is 8.42 Å². The van der Waals surface area contributed by atoms with E-state index in [2.05, 4.69) is 11.1 Å². The van der Waals surface area contributed by atoms with E-state index in [1.54, 1.807) is 0 Å². The van der Waals surface area contributed by atoms with Gasteiger partial charge in [0.1, 0.15) is 0 Å². The van der Waals surface area contributed by atoms with Crippen LogP contribution in [0.4, 0.5) is 5.69 Å². The molecule has 4 rings (SSSR count). The standard InChI is InChI=1S/C21H22N2O3S2/c1-14-8-15(2)10-17(9-14)23-18-12-28(25,26)13-19(18)27-21(23)22-20(24)11-16-6-4-3-5-7-16/h3-10,18-19H,11-13H2,1-2H3/t18-,19+/m0/s1. The Kier molecular flexibility index (Phi) is 5.05. The number of sulfone groups is 1. The Bertz CT molecular complexity index is 1030. The molecule has 2 saturated heterocycles. The average Bonchev–Trinajstić information content (AvgIpc) is 3.05. The molecule has 7 heteroatoms. The molecule has 0 saturated carbocycles. The van der Waals surface area contributed by atoms with Gasteiger partial charge in [-0.1, -0.05) is 48.2 Å². The fraction of sp³-hybridized carbons (Fsp3) is 0.333. The van der Waals surface area contributed by atoms with E-state index in [9.17, 15) is 13.2 Å². The summed E-state index contributed by atoms with van der Waals surface area (Å²) in [6.07, 6.45) is 0.235. The van der Waals surface area contributed by atoms with Gasteiger partial charge < -0.3 is 4.90 Å². The van der Waals surface area contributed by atoms with Crippen molar-refractivity contribution >= 4 is 38.4 Å². The Morgan fingerprint density at radius 3 is 2.46 bits per heavy atom. The van der Waals surface area contributed by atoms with Crippen LogP contribution < -0.4 is 4.90 Å². The molecule has 2 atom stereocenters. The zero-order valence-electron chi connectivity index (χ0n) is 15.8. The highest BCUT2D eigenvalue weighted by molar-refractivity contribution is 8.16. The summed E-state index contributed by atoms with van der Waals surface area (Å²) < 4.78 is 24.4. The SMILES string of the molecule is Cc1cc(C)cc(N2C(=NC(=O)Cc3ccccc3)S[C@@H]3CS(=O)(=O)C[C@@H]32)c1. The van der Waals surface area contributed by atoms with Crippen LogP contribution in [0, 0.1) is 13.8 Å². The van der Waals surface area contributed by atoms with Crippen molar-refractivity contribution in [3.63, 3.8) is 0 Å². The second-order valence-corrected chi connectivity index (χ2v) is 10.8. The molecule has 0 unspecified atom stereocenters. The number of amidine groups is 1. The molecule has 146 valence electrons. The number of amides is 1. The number of aliphatic imine (C=N–C) groups is 1. The molecule has 2 aliphatic heterocycles. The van der Waals surface area contributed by atoms with E-state index in [0.717, 1.165) is 22.4 Å². The normalized spacial score (nSPS) is 24.5. The summed E-state index contributed by atoms with van der Waals surface area (Å²) >= 11 is 1.41. The van der Waals surface area contributed by atoms with E-state index in [0.29, 0.717) is 5.17 Å². The smallest absolute Gasteiger partial charge is 0.252 e. The number of hydrogen-bond donors (Lipinski definition) is 0. The molecule has 0 aliphatic carbocycles. The molecule has 2 aliphatic rings. The molecule has 2 aromatic carbocycles. The van der Waals surface area contributed by atoms with E-state index in [1.165, 1.54) is 11.8 Å². The molecule has 2 heterocycles. The number of thioether (sulfide) groups is 1. The predicted molar refractivity (Wildman–Crippen MR) is 115 cm³/mol. The van der Waals surface area contributed by atoms with Crippen molar-refractivity contribution in [3.8, 4) is 0 Å². The van der Waals surface area contributed by atoms with Crippen LogP contribution in [0.15, 0.2) is 53.5 Å². The second kappa shape index (κ2) is 7.37. The Morgan fingerprint density at radius 1 is 1.11 bits per heavy atom. The number of carbonyl (C=O) groups is 1. The summed E-state index contributed by atoms with van der Waals surface area (Å²) in [5.74, 6) is 0.0184. The first-order valence-corrected chi connectivity index (χ1v) is 11.9. The molecule has 28 heavy (non-hydrogen) atoms. The van der Waals surface area contributed by atoms with E-state index < -0.39 is 9.84 Å². The van der Waals surface area contributed by atoms with Crippen LogP contribution in [-0.4, -0.2) is 42.3 Å². The highest BCUT2D eigenvalue weighted by Gasteiger charge is 2.49. The van der Waals surface area contributed by atoms with Crippen LogP contribution >= 0.6 is 11.8 Å². The molecule has 2 fully saturated rings. The molecule has 0 radical (unpaired) electrons. The van der Waals surface area contributed by atoms with Gasteiger partial charge >= 0.3 is 0 Å². The molecule has 2 aromatic rings. The zero-order valence-corrected chi connectivity index (χ0v) is 17.5. The van der Waals surface area contributed by atoms with Crippen LogP contribution in [0.1, 0.15) is 16.7 Å². The molecule has 0 aromatic heterocycles. The van der Waals surface area contributed by atoms with Crippen molar-refractivity contribution in [2.45, 2.75) is 31.6 Å². The Balaban J connectivity index is 1.68. The van der Waals surface area contributed by atoms with Crippen molar-refractivity contribution in [1.29, 1.82) is 0 Å². The number of carbonyl (C=O) groups excluding carboxylic acids is 1. The van der Waals surface area contributed by atoms with Crippen molar-refractivity contribution in [1.82, 2.24) is 0 Å². The molecule has 1 amide bonds. The fourth-order valence-electron chi connectivity index (χ4n) is 3.87. The summed E-state index contributed by atoms with van der Waals surface area (Å²) in [6.45, 7) is 4.03. The number of anilines is 1. The van der Waals surface area contributed by atoms with E-state index in [1.807, 2.05) is 61.2 Å². The first-order valence-electron chi connectivity index (χ1n) is 9.21. The first-order chi connectivity index (χ1) is 13.3. The average molecular weight is 415 g/mol. The number of aryl methyl sites for hydroxylation is 2. The summed E-state index contributed by atoms with van der Waals surface area (Å²) in [7, 11) is -3.07. The highest BCUT2D eigenvalue weighted by Crippen LogP contribution is 2.41. The maximum Gasteiger partial charge on any atom is 0.252 e. The van der Waals surface area contributed by atoms with Gasteiger partial charge in [0.05, 0.1) is 24.0 Å². The van der Waals surface area contributed by atoms with Crippen molar-refractivity contribution in [3.05, 3.63) is 65.2 Å². The Labute approximate surface area is 169 Å². The second-order valence-electron chi connectivity index (χ2n) is 7.47. The zero-order chi connectivity index (χ0) is 19.9. The Morgan fingerprint density at radius 2 is 1.79 bits per heavy atom. The van der Waals surface area contributed by atoms with Gasteiger partial charge in [-0.05, 0) is 42.7 Å². The van der Waals surface area contributed by atoms with Gasteiger partial charge in [-0.15, -0.1) is 0 Å². The Hall–Kier alpha value is -2.12. The minimum Gasteiger partial charge on any atom is -0.316 e. The molecular weight excluding hydrogens is 392 g/mol. The number of benzene rings is 2. The monoisotopic (exact) mass is 414 g/mol. The molecule has 5 nitrogen and oxygen atoms in total. The lowest BCUT2D eigenvalue weighted by Crippen LogP contribution is -2.37. The fourth-order valence-corrected chi connectivity index (χ4v) is 7.80. The lowest BCUT2D eigenvalue weighted by molar-refractivity contribution is -0.117. The number of fused-ring (bicyclic) bond motifs is 1. The molecule has 0 N–H and O–H groups in total. The van der Waals surface area contributed by atoms with Gasteiger partial charge in [0, 0.05) is 10.9 Å². The first kappa shape index (κ1) is 19.2. The molecular formula is C21H22N2O3S2. The van der Waals surface area contributed by atoms with Gasteiger partial charge in [0.2, 0.25) is 0 Å². The van der Waals surface area contributed by atoms with E-state index in [-0.39, 0.29) is 35.1 Å². The number of hydrogen-bond acceptors (Lipinski definition) is 4. The van der Waals surface area contributed by atoms with Crippen LogP contribution in [0.25, 0.3) is 0 Å². The summed E-state index contributed by atoms with van der Waals surface area (Å²) in [6, 6.07) is 15.5. The number of rotatable bonds is 3. The predicted octanol–water partition coefficient (Wildman–Crippen LogP) is 3.15. The minimum atomic E-state index is -3.07. The van der Waals surface area contributed by atoms with Crippen molar-refractivity contribution in [2.75, 3.05) is 16.4 Å². The van der Waals surface area contributed by atoms with E-state index in [4.69, 9.17) is 0 Å². The van der Waals surface area contributed by atoms with Gasteiger partial charge in [0.15, 0.2) is 15.0 Å². The maximum atomic E-state index is 12.6. The summed E-state index contributed by atoms with van der Waals surface area (Å²) in [5.41, 5.74) is 4.01. The van der Waals surface area contributed by atoms with Crippen molar-refractivity contribution < 1.29 is 13.2 Å². The third kappa shape index (κ3) is 4.00. The summed E-state index contributed by atoms with van der Waals surface area (Å²) in [4.78, 5) is 18.9. The topological polar surface area (TPSA) is 66.8 Å². The largest absolute Gasteiger partial charge is 0.316 e. The summed E-state index contributed by atoms with van der Waals surface area (Å²) in [5, 5.41) is 0.518. The third-order valence-electron chi connectivity index (χ3n) is 4.97. The quantitative estimate of drug-likeness (QED) is 0.772.